The van der Waals surface area contributed by atoms with Crippen LogP contribution in [0.4, 0.5) is 0 Å². The number of fused-ring (bicyclic) bond motifs is 1. The van der Waals surface area contributed by atoms with Gasteiger partial charge in [0.15, 0.2) is 0 Å². The molecule has 1 saturated heterocycles. The van der Waals surface area contributed by atoms with Gasteiger partial charge in [0, 0.05) is 32.7 Å². The lowest BCUT2D eigenvalue weighted by Crippen LogP contribution is -2.51. The Bertz CT molecular complexity index is 1280. The van der Waals surface area contributed by atoms with Crippen molar-refractivity contribution in [3.63, 3.8) is 0 Å². The van der Waals surface area contributed by atoms with Gasteiger partial charge in [-0.2, -0.15) is 0 Å². The van der Waals surface area contributed by atoms with E-state index in [0.717, 1.165) is 24.4 Å². The van der Waals surface area contributed by atoms with E-state index in [1.165, 1.54) is 0 Å². The number of ether oxygens (including phenoxy) is 1. The van der Waals surface area contributed by atoms with Gasteiger partial charge in [0.25, 0.3) is 10.0 Å². The van der Waals surface area contributed by atoms with Crippen LogP contribution < -0.4 is 9.88 Å². The highest BCUT2D eigenvalue weighted by molar-refractivity contribution is 7.91. The van der Waals surface area contributed by atoms with Crippen LogP contribution in [0.2, 0.25) is 0 Å². The first-order valence-corrected chi connectivity index (χ1v) is 13.6. The minimum Gasteiger partial charge on any atom is -0.487 e. The summed E-state index contributed by atoms with van der Waals surface area (Å²) in [5, 5.41) is 22.7. The number of sulfonamides is 1. The molecule has 190 valence electrons. The number of hydrogen-bond acceptors (Lipinski definition) is 10. The van der Waals surface area contributed by atoms with Gasteiger partial charge in [-0.1, -0.05) is 19.1 Å². The zero-order chi connectivity index (χ0) is 25.2. The van der Waals surface area contributed by atoms with E-state index in [1.54, 1.807) is 29.1 Å². The fraction of sp³-hybridized carbons (Fsp3) is 0.524. The van der Waals surface area contributed by atoms with Gasteiger partial charge in [-0.3, -0.25) is 9.69 Å². The smallest absolute Gasteiger partial charge is 0.265 e. The number of aromatic nitrogens is 4. The average Bonchev–Trinajstić information content (AvgIpc) is 3.45. The SMILES string of the molecule is CC(C)C(C(=O)N1CCN(CCO)CC1)n1cc(COc2ccc3nc(S(N)(=O)=O)sc3c2)nn1. The second-order valence-electron chi connectivity index (χ2n) is 8.71. The van der Waals surface area contributed by atoms with Crippen molar-refractivity contribution in [2.45, 2.75) is 30.8 Å². The van der Waals surface area contributed by atoms with Crippen LogP contribution >= 0.6 is 11.3 Å². The molecule has 1 aliphatic rings. The molecule has 0 spiro atoms. The van der Waals surface area contributed by atoms with Gasteiger partial charge in [-0.15, -0.1) is 16.4 Å². The fourth-order valence-electron chi connectivity index (χ4n) is 3.99. The second-order valence-corrected chi connectivity index (χ2v) is 11.5. The molecule has 0 radical (unpaired) electrons. The van der Waals surface area contributed by atoms with Gasteiger partial charge in [-0.25, -0.2) is 23.2 Å². The van der Waals surface area contributed by atoms with Crippen molar-refractivity contribution < 1.29 is 23.1 Å². The molecule has 0 saturated carbocycles. The molecule has 4 rings (SSSR count). The third kappa shape index (κ3) is 5.95. The summed E-state index contributed by atoms with van der Waals surface area (Å²) in [5.41, 5.74) is 1.08. The van der Waals surface area contributed by atoms with Gasteiger partial charge in [-0.05, 0) is 24.1 Å². The molecule has 0 aliphatic carbocycles. The van der Waals surface area contributed by atoms with Crippen LogP contribution in [-0.4, -0.2) is 88.5 Å². The van der Waals surface area contributed by atoms with Crippen molar-refractivity contribution in [2.24, 2.45) is 11.1 Å². The fourth-order valence-corrected chi connectivity index (χ4v) is 5.68. The molecule has 1 atom stereocenters. The Kier molecular flexibility index (Phi) is 7.66. The average molecular weight is 524 g/mol. The Morgan fingerprint density at radius 1 is 1.26 bits per heavy atom. The largest absolute Gasteiger partial charge is 0.487 e. The molecule has 0 bridgehead atoms. The van der Waals surface area contributed by atoms with Crippen LogP contribution in [0.1, 0.15) is 25.6 Å². The number of aliphatic hydroxyl groups is 1. The molecule has 1 fully saturated rings. The molecule has 3 aromatic rings. The number of rotatable bonds is 9. The van der Waals surface area contributed by atoms with Crippen LogP contribution in [0, 0.1) is 5.92 Å². The van der Waals surface area contributed by atoms with Crippen molar-refractivity contribution in [1.29, 1.82) is 0 Å². The number of β-amino-alcohol motifs (C(OH)–C–C–N with tert-alkyl or cyclic N) is 1. The van der Waals surface area contributed by atoms with Crippen molar-refractivity contribution in [2.75, 3.05) is 39.3 Å². The third-order valence-corrected chi connectivity index (χ3v) is 8.14. The molecule has 14 heteroatoms. The Labute approximate surface area is 207 Å². The summed E-state index contributed by atoms with van der Waals surface area (Å²) in [5.74, 6) is 0.534. The normalized spacial score (nSPS) is 16.2. The molecule has 3 N–H and O–H groups in total. The number of carbonyl (C=O) groups is 1. The molecule has 35 heavy (non-hydrogen) atoms. The minimum atomic E-state index is -3.86. The molecule has 1 aliphatic heterocycles. The maximum atomic E-state index is 13.3. The summed E-state index contributed by atoms with van der Waals surface area (Å²) in [4.78, 5) is 21.3. The number of aliphatic hydroxyl groups excluding tert-OH is 1. The van der Waals surface area contributed by atoms with Crippen molar-refractivity contribution in [3.8, 4) is 5.75 Å². The zero-order valence-corrected chi connectivity index (χ0v) is 21.2. The number of hydrogen-bond donors (Lipinski definition) is 2. The van der Waals surface area contributed by atoms with Gasteiger partial charge in [0.1, 0.15) is 24.1 Å². The molecular formula is C21H29N7O5S2. The number of carbonyl (C=O) groups excluding carboxylic acids is 1. The Hall–Kier alpha value is -2.65. The number of nitrogens with zero attached hydrogens (tertiary/aromatic N) is 6. The topological polar surface area (TPSA) is 157 Å². The van der Waals surface area contributed by atoms with E-state index in [1.807, 2.05) is 18.7 Å². The maximum absolute atomic E-state index is 13.3. The first-order chi connectivity index (χ1) is 16.7. The van der Waals surface area contributed by atoms with Crippen LogP contribution in [0.5, 0.6) is 5.75 Å². The predicted octanol–water partition coefficient (Wildman–Crippen LogP) is 0.448. The van der Waals surface area contributed by atoms with E-state index in [-0.39, 0.29) is 29.4 Å². The molecule has 1 unspecified atom stereocenters. The van der Waals surface area contributed by atoms with Crippen LogP contribution in [0.15, 0.2) is 28.7 Å². The first kappa shape index (κ1) is 25.4. The van der Waals surface area contributed by atoms with Crippen molar-refractivity contribution in [1.82, 2.24) is 29.8 Å². The summed E-state index contributed by atoms with van der Waals surface area (Å²) in [7, 11) is -3.86. The monoisotopic (exact) mass is 523 g/mol. The number of primary sulfonamides is 1. The molecular weight excluding hydrogens is 494 g/mol. The highest BCUT2D eigenvalue weighted by Crippen LogP contribution is 2.28. The number of amides is 1. The van der Waals surface area contributed by atoms with E-state index >= 15 is 0 Å². The molecule has 12 nitrogen and oxygen atoms in total. The van der Waals surface area contributed by atoms with E-state index < -0.39 is 16.1 Å². The predicted molar refractivity (Wildman–Crippen MR) is 129 cm³/mol. The molecule has 1 aromatic carbocycles. The number of piperazine rings is 1. The molecule has 3 heterocycles. The lowest BCUT2D eigenvalue weighted by Gasteiger charge is -2.36. The minimum absolute atomic E-state index is 0.00215. The summed E-state index contributed by atoms with van der Waals surface area (Å²) >= 11 is 0.977. The van der Waals surface area contributed by atoms with Gasteiger partial charge >= 0.3 is 0 Å². The number of nitrogens with two attached hydrogens (primary N) is 1. The zero-order valence-electron chi connectivity index (χ0n) is 19.6. The highest BCUT2D eigenvalue weighted by Gasteiger charge is 2.31. The number of benzene rings is 1. The standard InChI is InChI=1S/C21H29N7O5S2/c1-14(2)19(20(30)27-7-5-26(6-8-27)9-10-29)28-12-15(24-25-28)13-33-16-3-4-17-18(11-16)34-21(23-17)35(22,31)32/h3-4,11-12,14,19,29H,5-10,13H2,1-2H3,(H2,22,31,32). The summed E-state index contributed by atoms with van der Waals surface area (Å²) in [6.45, 7) is 7.50. The van der Waals surface area contributed by atoms with E-state index in [9.17, 15) is 13.2 Å². The van der Waals surface area contributed by atoms with Gasteiger partial charge in [0.2, 0.25) is 10.2 Å². The van der Waals surface area contributed by atoms with Gasteiger partial charge < -0.3 is 14.7 Å². The van der Waals surface area contributed by atoms with Crippen molar-refractivity contribution >= 4 is 37.5 Å². The van der Waals surface area contributed by atoms with Crippen LogP contribution in [-0.2, 0) is 21.4 Å². The van der Waals surface area contributed by atoms with Gasteiger partial charge in [0.05, 0.1) is 23.0 Å². The van der Waals surface area contributed by atoms with Crippen LogP contribution in [0.25, 0.3) is 10.2 Å². The summed E-state index contributed by atoms with van der Waals surface area (Å²) < 4.78 is 31.0. The second kappa shape index (κ2) is 10.5. The Balaban J connectivity index is 1.41. The van der Waals surface area contributed by atoms with Crippen molar-refractivity contribution in [3.05, 3.63) is 30.1 Å². The Morgan fingerprint density at radius 3 is 2.66 bits per heavy atom. The molecule has 2 aromatic heterocycles. The summed E-state index contributed by atoms with van der Waals surface area (Å²) in [6.07, 6.45) is 1.72. The maximum Gasteiger partial charge on any atom is 0.265 e. The number of thiazole rings is 1. The third-order valence-electron chi connectivity index (χ3n) is 5.80. The Morgan fingerprint density at radius 2 is 2.00 bits per heavy atom. The lowest BCUT2D eigenvalue weighted by molar-refractivity contribution is -0.138. The molecule has 1 amide bonds. The lowest BCUT2D eigenvalue weighted by atomic mass is 10.0. The first-order valence-electron chi connectivity index (χ1n) is 11.2. The van der Waals surface area contributed by atoms with E-state index in [2.05, 4.69) is 20.2 Å². The van der Waals surface area contributed by atoms with E-state index in [4.69, 9.17) is 15.0 Å². The summed E-state index contributed by atoms with van der Waals surface area (Å²) in [6, 6.07) is 4.57. The van der Waals surface area contributed by atoms with Crippen LogP contribution in [0.3, 0.4) is 0 Å². The quantitative estimate of drug-likeness (QED) is 0.406. The van der Waals surface area contributed by atoms with E-state index in [0.29, 0.717) is 41.3 Å². The highest BCUT2D eigenvalue weighted by atomic mass is 32.2.